The van der Waals surface area contributed by atoms with Crippen LogP contribution in [0.4, 0.5) is 0 Å². The van der Waals surface area contributed by atoms with Gasteiger partial charge in [0.25, 0.3) is 0 Å². The van der Waals surface area contributed by atoms with Crippen molar-refractivity contribution < 1.29 is 5.11 Å². The van der Waals surface area contributed by atoms with Gasteiger partial charge >= 0.3 is 0 Å². The van der Waals surface area contributed by atoms with E-state index in [2.05, 4.69) is 42.5 Å². The minimum atomic E-state index is 0.0181. The molecule has 2 rings (SSSR count). The van der Waals surface area contributed by atoms with Crippen molar-refractivity contribution in [3.63, 3.8) is 0 Å². The van der Waals surface area contributed by atoms with E-state index < -0.39 is 0 Å². The Kier molecular flexibility index (Phi) is 7.77. The van der Waals surface area contributed by atoms with Crippen LogP contribution < -0.4 is 0 Å². The third-order valence-corrected chi connectivity index (χ3v) is 5.07. The van der Waals surface area contributed by atoms with Gasteiger partial charge in [-0.3, -0.25) is 0 Å². The first-order chi connectivity index (χ1) is 11.7. The summed E-state index contributed by atoms with van der Waals surface area (Å²) in [4.78, 5) is 4.60. The Hall–Kier alpha value is -1.35. The van der Waals surface area contributed by atoms with E-state index in [1.54, 1.807) is 0 Å². The Bertz CT molecular complexity index is 630. The van der Waals surface area contributed by atoms with Crippen molar-refractivity contribution in [2.75, 3.05) is 0 Å². The molecule has 0 aliphatic rings. The lowest BCUT2D eigenvalue weighted by atomic mass is 10.1. The third-order valence-electron chi connectivity index (χ3n) is 5.07. The van der Waals surface area contributed by atoms with Gasteiger partial charge in [-0.2, -0.15) is 0 Å². The minimum absolute atomic E-state index is 0.0181. The average Bonchev–Trinajstić information content (AvgIpc) is 2.90. The van der Waals surface area contributed by atoms with Gasteiger partial charge in [0.05, 0.1) is 11.0 Å². The Morgan fingerprint density at radius 2 is 1.46 bits per heavy atom. The molecule has 0 amide bonds. The van der Waals surface area contributed by atoms with Crippen LogP contribution in [0, 0.1) is 13.8 Å². The molecule has 0 bridgehead atoms. The van der Waals surface area contributed by atoms with Crippen molar-refractivity contribution in [3.05, 3.63) is 29.1 Å². The first kappa shape index (κ1) is 19.0. The molecule has 0 spiro atoms. The van der Waals surface area contributed by atoms with Crippen molar-refractivity contribution in [1.82, 2.24) is 9.55 Å². The van der Waals surface area contributed by atoms with E-state index in [-0.39, 0.29) is 6.61 Å². The Labute approximate surface area is 147 Å². The van der Waals surface area contributed by atoms with Gasteiger partial charge in [-0.15, -0.1) is 0 Å². The SMILES string of the molecule is CCCCCCCCCCCn1c(CO)nc2cc(C)c(C)cc21. The van der Waals surface area contributed by atoms with Crippen LogP contribution in [0.3, 0.4) is 0 Å². The van der Waals surface area contributed by atoms with Crippen molar-refractivity contribution in [2.24, 2.45) is 0 Å². The molecule has 3 heteroatoms. The molecule has 24 heavy (non-hydrogen) atoms. The van der Waals surface area contributed by atoms with Crippen molar-refractivity contribution >= 4 is 11.0 Å². The molecule has 134 valence electrons. The lowest BCUT2D eigenvalue weighted by molar-refractivity contribution is 0.265. The van der Waals surface area contributed by atoms with E-state index in [0.717, 1.165) is 17.9 Å². The number of imidazole rings is 1. The molecule has 0 unspecified atom stereocenters. The van der Waals surface area contributed by atoms with Crippen LogP contribution in [0.25, 0.3) is 11.0 Å². The number of hydrogen-bond acceptors (Lipinski definition) is 2. The minimum Gasteiger partial charge on any atom is -0.388 e. The first-order valence-electron chi connectivity index (χ1n) is 9.74. The molecule has 3 nitrogen and oxygen atoms in total. The molecule has 0 atom stereocenters. The first-order valence-corrected chi connectivity index (χ1v) is 9.74. The number of hydrogen-bond donors (Lipinski definition) is 1. The molecule has 1 N–H and O–H groups in total. The summed E-state index contributed by atoms with van der Waals surface area (Å²) in [5.41, 5.74) is 4.74. The van der Waals surface area contributed by atoms with Crippen LogP contribution >= 0.6 is 0 Å². The van der Waals surface area contributed by atoms with Gasteiger partial charge in [-0.05, 0) is 43.5 Å². The maximum Gasteiger partial charge on any atom is 0.135 e. The fraction of sp³-hybridized carbons (Fsp3) is 0.667. The molecule has 1 heterocycles. The van der Waals surface area contributed by atoms with Crippen LogP contribution in [-0.4, -0.2) is 14.7 Å². The van der Waals surface area contributed by atoms with Gasteiger partial charge in [0.2, 0.25) is 0 Å². The summed E-state index contributed by atoms with van der Waals surface area (Å²) < 4.78 is 2.21. The highest BCUT2D eigenvalue weighted by Gasteiger charge is 2.11. The highest BCUT2D eigenvalue weighted by atomic mass is 16.3. The second-order valence-corrected chi connectivity index (χ2v) is 7.09. The quantitative estimate of drug-likeness (QED) is 0.538. The summed E-state index contributed by atoms with van der Waals surface area (Å²) >= 11 is 0. The number of nitrogens with zero attached hydrogens (tertiary/aromatic N) is 2. The standard InChI is InChI=1S/C21H34N2O/c1-4-5-6-7-8-9-10-11-12-13-23-20-15-18(3)17(2)14-19(20)22-21(23)16-24/h14-15,24H,4-13,16H2,1-3H3. The van der Waals surface area contributed by atoms with Crippen molar-refractivity contribution in [3.8, 4) is 0 Å². The fourth-order valence-electron chi connectivity index (χ4n) is 3.38. The van der Waals surface area contributed by atoms with Gasteiger partial charge in [0.1, 0.15) is 12.4 Å². The predicted molar refractivity (Wildman–Crippen MR) is 102 cm³/mol. The molecule has 1 aromatic carbocycles. The highest BCUT2D eigenvalue weighted by Crippen LogP contribution is 2.22. The summed E-state index contributed by atoms with van der Waals surface area (Å²) in [7, 11) is 0. The number of aliphatic hydroxyl groups is 1. The lowest BCUT2D eigenvalue weighted by Crippen LogP contribution is -2.04. The Morgan fingerprint density at radius 3 is 2.08 bits per heavy atom. The van der Waals surface area contributed by atoms with E-state index in [1.165, 1.54) is 74.4 Å². The summed E-state index contributed by atoms with van der Waals surface area (Å²) in [6.45, 7) is 7.51. The third kappa shape index (κ3) is 5.07. The molecular formula is C21H34N2O. The van der Waals surface area contributed by atoms with Crippen LogP contribution in [0.1, 0.15) is 81.7 Å². The van der Waals surface area contributed by atoms with E-state index >= 15 is 0 Å². The number of benzene rings is 1. The highest BCUT2D eigenvalue weighted by molar-refractivity contribution is 5.78. The largest absolute Gasteiger partial charge is 0.388 e. The molecule has 0 aliphatic carbocycles. The number of unbranched alkanes of at least 4 members (excludes halogenated alkanes) is 8. The maximum absolute atomic E-state index is 9.62. The number of aliphatic hydroxyl groups excluding tert-OH is 1. The van der Waals surface area contributed by atoms with Gasteiger partial charge in [-0.1, -0.05) is 58.3 Å². The average molecular weight is 331 g/mol. The number of aryl methyl sites for hydroxylation is 3. The summed E-state index contributed by atoms with van der Waals surface area (Å²) in [5.74, 6) is 0.801. The number of aromatic nitrogens is 2. The van der Waals surface area contributed by atoms with Gasteiger partial charge in [0, 0.05) is 6.54 Å². The fourth-order valence-corrected chi connectivity index (χ4v) is 3.38. The molecule has 2 aromatic rings. The molecule has 0 fully saturated rings. The number of rotatable bonds is 11. The van der Waals surface area contributed by atoms with Crippen LogP contribution in [0.5, 0.6) is 0 Å². The maximum atomic E-state index is 9.62. The van der Waals surface area contributed by atoms with Gasteiger partial charge in [-0.25, -0.2) is 4.98 Å². The lowest BCUT2D eigenvalue weighted by Gasteiger charge is -2.09. The van der Waals surface area contributed by atoms with E-state index in [1.807, 2.05) is 0 Å². The Balaban J connectivity index is 1.83. The molecule has 0 aliphatic heterocycles. The van der Waals surface area contributed by atoms with E-state index in [4.69, 9.17) is 0 Å². The molecule has 0 saturated carbocycles. The summed E-state index contributed by atoms with van der Waals surface area (Å²) in [6, 6.07) is 4.35. The predicted octanol–water partition coefficient (Wildman–Crippen LogP) is 5.68. The van der Waals surface area contributed by atoms with E-state index in [0.29, 0.717) is 0 Å². The van der Waals surface area contributed by atoms with E-state index in [9.17, 15) is 5.11 Å². The molecule has 0 radical (unpaired) electrons. The molecular weight excluding hydrogens is 296 g/mol. The smallest absolute Gasteiger partial charge is 0.135 e. The molecule has 0 saturated heterocycles. The van der Waals surface area contributed by atoms with Crippen molar-refractivity contribution in [1.29, 1.82) is 0 Å². The molecule has 1 aromatic heterocycles. The zero-order chi connectivity index (χ0) is 17.4. The van der Waals surface area contributed by atoms with Crippen LogP contribution in [-0.2, 0) is 13.2 Å². The number of fused-ring (bicyclic) bond motifs is 1. The zero-order valence-electron chi connectivity index (χ0n) is 15.8. The van der Waals surface area contributed by atoms with Crippen molar-refractivity contribution in [2.45, 2.75) is 91.7 Å². The summed E-state index contributed by atoms with van der Waals surface area (Å²) in [6.07, 6.45) is 12.0. The summed E-state index contributed by atoms with van der Waals surface area (Å²) in [5, 5.41) is 9.62. The van der Waals surface area contributed by atoms with Crippen LogP contribution in [0.15, 0.2) is 12.1 Å². The topological polar surface area (TPSA) is 38.0 Å². The second-order valence-electron chi connectivity index (χ2n) is 7.09. The zero-order valence-corrected chi connectivity index (χ0v) is 15.8. The second kappa shape index (κ2) is 9.83. The monoisotopic (exact) mass is 330 g/mol. The Morgan fingerprint density at radius 1 is 0.875 bits per heavy atom. The van der Waals surface area contributed by atoms with Gasteiger partial charge < -0.3 is 9.67 Å². The normalized spacial score (nSPS) is 11.5. The van der Waals surface area contributed by atoms with Crippen LogP contribution in [0.2, 0.25) is 0 Å². The van der Waals surface area contributed by atoms with Gasteiger partial charge in [0.15, 0.2) is 0 Å².